The number of nitrogens with one attached hydrogen (secondary N) is 1. The Labute approximate surface area is 232 Å². The number of aliphatic hydroxyl groups is 1. The molecule has 6 rings (SSSR count). The van der Waals surface area contributed by atoms with E-state index in [2.05, 4.69) is 21.0 Å². The Bertz CT molecular complexity index is 1670. The van der Waals surface area contributed by atoms with Gasteiger partial charge < -0.3 is 15.0 Å². The molecule has 0 radical (unpaired) electrons. The molecule has 0 saturated heterocycles. The van der Waals surface area contributed by atoms with E-state index in [0.29, 0.717) is 29.9 Å². The fraction of sp³-hybridized carbons (Fsp3) is 0.300. The molecule has 0 spiro atoms. The number of nitrogens with zero attached hydrogens (tertiary/aromatic N) is 4. The van der Waals surface area contributed by atoms with Crippen molar-refractivity contribution in [2.45, 2.75) is 49.9 Å². The van der Waals surface area contributed by atoms with Gasteiger partial charge in [0.25, 0.3) is 11.5 Å². The monoisotopic (exact) mass is 561 g/mol. The smallest absolute Gasteiger partial charge is 0.378 e. The van der Waals surface area contributed by atoms with Gasteiger partial charge in [0.15, 0.2) is 6.10 Å². The van der Waals surface area contributed by atoms with Crippen LogP contribution >= 0.6 is 0 Å². The van der Waals surface area contributed by atoms with E-state index in [4.69, 9.17) is 4.98 Å². The summed E-state index contributed by atoms with van der Waals surface area (Å²) in [5.41, 5.74) is 1.87. The highest BCUT2D eigenvalue weighted by molar-refractivity contribution is 5.82. The van der Waals surface area contributed by atoms with Crippen LogP contribution in [0.2, 0.25) is 0 Å². The van der Waals surface area contributed by atoms with Gasteiger partial charge in [-0.2, -0.15) is 13.2 Å². The van der Waals surface area contributed by atoms with Crippen molar-refractivity contribution in [3.05, 3.63) is 111 Å². The Kier molecular flexibility index (Phi) is 6.69. The summed E-state index contributed by atoms with van der Waals surface area (Å²) in [6.07, 6.45) is 1.13. The number of alkyl halides is 3. The van der Waals surface area contributed by atoms with Gasteiger partial charge in [0, 0.05) is 24.5 Å². The molecule has 1 atom stereocenters. The molecule has 2 aromatic carbocycles. The first-order chi connectivity index (χ1) is 19.7. The Morgan fingerprint density at radius 1 is 1.05 bits per heavy atom. The maximum Gasteiger partial charge on any atom is 0.416 e. The first-order valence-electron chi connectivity index (χ1n) is 13.3. The first kappa shape index (κ1) is 26.8. The Hall–Kier alpha value is -4.38. The van der Waals surface area contributed by atoms with Gasteiger partial charge in [0.1, 0.15) is 12.2 Å². The van der Waals surface area contributed by atoms with Gasteiger partial charge >= 0.3 is 6.18 Å². The second-order valence-electron chi connectivity index (χ2n) is 10.5. The molecule has 1 saturated carbocycles. The van der Waals surface area contributed by atoms with Crippen molar-refractivity contribution in [1.29, 1.82) is 0 Å². The molecular formula is C30H26F3N5O3. The number of H-pyrrole nitrogens is 1. The highest BCUT2D eigenvalue weighted by Crippen LogP contribution is 2.52. The van der Waals surface area contributed by atoms with Crippen LogP contribution in [0.15, 0.2) is 72.0 Å². The Balaban J connectivity index is 1.26. The molecule has 2 N–H and O–H groups in total. The highest BCUT2D eigenvalue weighted by Gasteiger charge is 2.49. The third kappa shape index (κ3) is 5.13. The van der Waals surface area contributed by atoms with E-state index in [1.54, 1.807) is 12.4 Å². The molecule has 0 unspecified atom stereocenters. The van der Waals surface area contributed by atoms with E-state index in [0.717, 1.165) is 47.7 Å². The number of carbonyl (C=O) groups is 1. The lowest BCUT2D eigenvalue weighted by atomic mass is 9.92. The summed E-state index contributed by atoms with van der Waals surface area (Å²) < 4.78 is 39.5. The summed E-state index contributed by atoms with van der Waals surface area (Å²) in [7, 11) is 0. The SMILES string of the molecule is O=C([C@H](O)c1cccc(C(F)(F)F)c1)N1CCCc2nc(C3(c4cccc(-c5cncnc5)c4)CC3)[nH]c(=O)c2C1. The lowest BCUT2D eigenvalue weighted by molar-refractivity contribution is -0.142. The van der Waals surface area contributed by atoms with Crippen molar-refractivity contribution in [2.75, 3.05) is 6.54 Å². The highest BCUT2D eigenvalue weighted by atomic mass is 19.4. The number of fused-ring (bicyclic) bond motifs is 1. The number of halogens is 3. The van der Waals surface area contributed by atoms with Crippen molar-refractivity contribution >= 4 is 5.91 Å². The van der Waals surface area contributed by atoms with Crippen LogP contribution in [0.3, 0.4) is 0 Å². The molecule has 3 heterocycles. The molecule has 1 amide bonds. The summed E-state index contributed by atoms with van der Waals surface area (Å²) in [4.78, 5) is 43.8. The third-order valence-electron chi connectivity index (χ3n) is 7.88. The summed E-state index contributed by atoms with van der Waals surface area (Å²) in [6, 6.07) is 12.1. The summed E-state index contributed by atoms with van der Waals surface area (Å²) in [5, 5.41) is 10.7. The van der Waals surface area contributed by atoms with Gasteiger partial charge in [-0.1, -0.05) is 36.4 Å². The average Bonchev–Trinajstić information content (AvgIpc) is 3.81. The molecule has 0 bridgehead atoms. The number of aryl methyl sites for hydroxylation is 1. The standard InChI is InChI=1S/C30H26F3N5O3/c31-30(32,33)22-7-2-5-19(13-22)25(39)27(41)38-11-3-8-24-23(16-38)26(40)37-28(36-24)29(9-10-29)21-6-1-4-18(12-21)20-14-34-17-35-15-20/h1-2,4-7,12-15,17,25,39H,3,8-11,16H2,(H,36,37,40)/t25-/m1/s1. The van der Waals surface area contributed by atoms with Crippen LogP contribution in [0.5, 0.6) is 0 Å². The molecule has 41 heavy (non-hydrogen) atoms. The molecule has 1 fully saturated rings. The van der Waals surface area contributed by atoms with E-state index in [1.165, 1.54) is 17.3 Å². The lowest BCUT2D eigenvalue weighted by Crippen LogP contribution is -2.36. The molecule has 4 aromatic rings. The molecule has 2 aromatic heterocycles. The van der Waals surface area contributed by atoms with Gasteiger partial charge in [-0.25, -0.2) is 15.0 Å². The minimum Gasteiger partial charge on any atom is -0.378 e. The maximum atomic E-state index is 13.4. The molecule has 1 aliphatic heterocycles. The zero-order valence-corrected chi connectivity index (χ0v) is 21.9. The summed E-state index contributed by atoms with van der Waals surface area (Å²) in [5.74, 6) is -0.187. The Morgan fingerprint density at radius 3 is 2.54 bits per heavy atom. The van der Waals surface area contributed by atoms with Crippen LogP contribution in [0.25, 0.3) is 11.1 Å². The minimum absolute atomic E-state index is 0.0940. The van der Waals surface area contributed by atoms with E-state index in [9.17, 15) is 27.9 Å². The Morgan fingerprint density at radius 2 is 1.80 bits per heavy atom. The van der Waals surface area contributed by atoms with Gasteiger partial charge in [-0.05, 0) is 54.5 Å². The number of amides is 1. The molecule has 11 heteroatoms. The summed E-state index contributed by atoms with van der Waals surface area (Å²) in [6.45, 7) is 0.135. The fourth-order valence-corrected chi connectivity index (χ4v) is 5.47. The van der Waals surface area contributed by atoms with Crippen LogP contribution in [-0.4, -0.2) is 42.4 Å². The second kappa shape index (κ2) is 10.2. The number of rotatable bonds is 5. The van der Waals surface area contributed by atoms with Crippen molar-refractivity contribution in [1.82, 2.24) is 24.8 Å². The normalized spacial score (nSPS) is 16.9. The van der Waals surface area contributed by atoms with Crippen molar-refractivity contribution < 1.29 is 23.1 Å². The predicted molar refractivity (Wildman–Crippen MR) is 142 cm³/mol. The summed E-state index contributed by atoms with van der Waals surface area (Å²) >= 11 is 0. The number of aliphatic hydroxyl groups excluding tert-OH is 1. The van der Waals surface area contributed by atoms with E-state index in [1.807, 2.05) is 18.2 Å². The van der Waals surface area contributed by atoms with Crippen molar-refractivity contribution in [3.63, 3.8) is 0 Å². The quantitative estimate of drug-likeness (QED) is 0.375. The van der Waals surface area contributed by atoms with Gasteiger partial charge in [0.05, 0.1) is 28.8 Å². The van der Waals surface area contributed by atoms with Crippen molar-refractivity contribution in [3.8, 4) is 11.1 Å². The number of hydrogen-bond donors (Lipinski definition) is 2. The first-order valence-corrected chi connectivity index (χ1v) is 13.3. The number of aromatic nitrogens is 4. The number of aromatic amines is 1. The van der Waals surface area contributed by atoms with Crippen molar-refractivity contribution in [2.24, 2.45) is 0 Å². The largest absolute Gasteiger partial charge is 0.416 e. The number of carbonyl (C=O) groups excluding carboxylic acids is 1. The fourth-order valence-electron chi connectivity index (χ4n) is 5.47. The van der Waals surface area contributed by atoms with Gasteiger partial charge in [0.2, 0.25) is 0 Å². The third-order valence-corrected chi connectivity index (χ3v) is 7.88. The minimum atomic E-state index is -4.60. The maximum absolute atomic E-state index is 13.4. The van der Waals surface area contributed by atoms with Crippen LogP contribution < -0.4 is 5.56 Å². The van der Waals surface area contributed by atoms with E-state index < -0.39 is 29.2 Å². The van der Waals surface area contributed by atoms with Gasteiger partial charge in [-0.15, -0.1) is 0 Å². The molecule has 2 aliphatic rings. The second-order valence-corrected chi connectivity index (χ2v) is 10.5. The van der Waals surface area contributed by atoms with E-state index >= 15 is 0 Å². The topological polar surface area (TPSA) is 112 Å². The molecule has 210 valence electrons. The zero-order valence-electron chi connectivity index (χ0n) is 21.9. The zero-order chi connectivity index (χ0) is 28.8. The average molecular weight is 562 g/mol. The molecule has 1 aliphatic carbocycles. The number of hydrogen-bond acceptors (Lipinski definition) is 6. The van der Waals surface area contributed by atoms with Gasteiger partial charge in [-0.3, -0.25) is 9.59 Å². The van der Waals surface area contributed by atoms with Crippen LogP contribution in [0.1, 0.15) is 59.1 Å². The lowest BCUT2D eigenvalue weighted by Gasteiger charge is -2.24. The van der Waals surface area contributed by atoms with E-state index in [-0.39, 0.29) is 24.2 Å². The van der Waals surface area contributed by atoms with Crippen LogP contribution in [0, 0.1) is 0 Å². The molecule has 8 nitrogen and oxygen atoms in total. The van der Waals surface area contributed by atoms with Crippen LogP contribution in [-0.2, 0) is 29.4 Å². The van der Waals surface area contributed by atoms with Crippen LogP contribution in [0.4, 0.5) is 13.2 Å². The predicted octanol–water partition coefficient (Wildman–Crippen LogP) is 4.33. The molecular weight excluding hydrogens is 535 g/mol. The number of benzene rings is 2.